The summed E-state index contributed by atoms with van der Waals surface area (Å²) < 4.78 is 96.5. The Hall–Kier alpha value is -2.79. The van der Waals surface area contributed by atoms with Gasteiger partial charge in [-0.1, -0.05) is 17.3 Å². The van der Waals surface area contributed by atoms with Crippen molar-refractivity contribution >= 4 is 10.0 Å². The highest BCUT2D eigenvalue weighted by atomic mass is 32.2. The average molecular weight is 418 g/mol. The lowest BCUT2D eigenvalue weighted by molar-refractivity contribution is 0.113. The molecule has 1 aromatic heterocycles. The Balaban J connectivity index is 2.31. The highest BCUT2D eigenvalue weighted by Crippen LogP contribution is 2.41. The molecule has 0 bridgehead atoms. The Labute approximate surface area is 155 Å². The van der Waals surface area contributed by atoms with Gasteiger partial charge in [0, 0.05) is 11.1 Å². The number of sulfonamides is 1. The van der Waals surface area contributed by atoms with E-state index >= 15 is 0 Å². The van der Waals surface area contributed by atoms with E-state index in [1.165, 1.54) is 19.1 Å². The van der Waals surface area contributed by atoms with Gasteiger partial charge in [-0.15, -0.1) is 0 Å². The second kappa shape index (κ2) is 6.99. The summed E-state index contributed by atoms with van der Waals surface area (Å²) in [4.78, 5) is -1.15. The van der Waals surface area contributed by atoms with E-state index in [-0.39, 0.29) is 22.9 Å². The van der Waals surface area contributed by atoms with E-state index < -0.39 is 55.7 Å². The van der Waals surface area contributed by atoms with Crippen molar-refractivity contribution in [3.05, 3.63) is 59.1 Å². The highest BCUT2D eigenvalue weighted by molar-refractivity contribution is 7.89. The topological polar surface area (TPSA) is 86.2 Å². The predicted octanol–water partition coefficient (Wildman–Crippen LogP) is 4.32. The van der Waals surface area contributed by atoms with E-state index in [0.29, 0.717) is 6.07 Å². The monoisotopic (exact) mass is 418 g/mol. The summed E-state index contributed by atoms with van der Waals surface area (Å²) in [6.07, 6.45) is -3.26. The molecule has 5 nitrogen and oxygen atoms in total. The number of nitrogens with zero attached hydrogens (tertiary/aromatic N) is 1. The SMILES string of the molecule is Cc1ccc(-c2noc(C(F)F)c2-c2cc(F)c(S(N)(=O)=O)cc2F)cc1F. The van der Waals surface area contributed by atoms with Crippen molar-refractivity contribution in [1.82, 2.24) is 5.16 Å². The molecule has 0 aliphatic rings. The van der Waals surface area contributed by atoms with Crippen LogP contribution in [0, 0.1) is 24.4 Å². The minimum atomic E-state index is -4.59. The smallest absolute Gasteiger partial charge is 0.298 e. The Morgan fingerprint density at radius 3 is 2.29 bits per heavy atom. The van der Waals surface area contributed by atoms with Crippen molar-refractivity contribution in [2.45, 2.75) is 18.2 Å². The molecule has 3 aromatic rings. The summed E-state index contributed by atoms with van der Waals surface area (Å²) in [7, 11) is -4.59. The summed E-state index contributed by atoms with van der Waals surface area (Å²) in [6, 6.07) is 4.30. The molecule has 0 aliphatic heterocycles. The van der Waals surface area contributed by atoms with Crippen LogP contribution in [0.3, 0.4) is 0 Å². The summed E-state index contributed by atoms with van der Waals surface area (Å²) in [5.41, 5.74) is -1.49. The third kappa shape index (κ3) is 3.50. The number of benzene rings is 2. The summed E-state index contributed by atoms with van der Waals surface area (Å²) in [6.45, 7) is 1.47. The molecule has 0 spiro atoms. The maximum Gasteiger partial charge on any atom is 0.298 e. The molecule has 0 radical (unpaired) electrons. The van der Waals surface area contributed by atoms with E-state index in [1.807, 2.05) is 0 Å². The first kappa shape index (κ1) is 20.0. The van der Waals surface area contributed by atoms with Crippen molar-refractivity contribution in [2.24, 2.45) is 5.14 Å². The number of aromatic nitrogens is 1. The fraction of sp³-hybridized carbons (Fsp3) is 0.118. The molecular formula is C17H11F5N2O3S. The fourth-order valence-corrected chi connectivity index (χ4v) is 3.19. The lowest BCUT2D eigenvalue weighted by Gasteiger charge is -2.09. The van der Waals surface area contributed by atoms with E-state index in [2.05, 4.69) is 9.68 Å². The van der Waals surface area contributed by atoms with Crippen LogP contribution in [0.4, 0.5) is 22.0 Å². The second-order valence-corrected chi connectivity index (χ2v) is 7.37. The van der Waals surface area contributed by atoms with Gasteiger partial charge in [-0.05, 0) is 30.7 Å². The molecule has 11 heteroatoms. The van der Waals surface area contributed by atoms with Crippen molar-refractivity contribution in [1.29, 1.82) is 0 Å². The van der Waals surface area contributed by atoms with Crippen molar-refractivity contribution in [3.8, 4) is 22.4 Å². The average Bonchev–Trinajstić information content (AvgIpc) is 3.03. The van der Waals surface area contributed by atoms with Gasteiger partial charge in [-0.25, -0.2) is 35.5 Å². The molecule has 0 atom stereocenters. The third-order valence-corrected chi connectivity index (χ3v) is 4.89. The maximum absolute atomic E-state index is 14.5. The van der Waals surface area contributed by atoms with Gasteiger partial charge in [0.1, 0.15) is 28.0 Å². The zero-order valence-corrected chi connectivity index (χ0v) is 14.8. The first-order valence-corrected chi connectivity index (χ1v) is 9.11. The van der Waals surface area contributed by atoms with Gasteiger partial charge in [0.2, 0.25) is 15.8 Å². The zero-order chi connectivity index (χ0) is 20.8. The summed E-state index contributed by atoms with van der Waals surface area (Å²) in [5, 5.41) is 8.24. The molecule has 28 heavy (non-hydrogen) atoms. The Kier molecular flexibility index (Phi) is 4.98. The van der Waals surface area contributed by atoms with Gasteiger partial charge in [0.25, 0.3) is 6.43 Å². The molecule has 148 valence electrons. The van der Waals surface area contributed by atoms with Gasteiger partial charge in [-0.2, -0.15) is 0 Å². The van der Waals surface area contributed by atoms with Gasteiger partial charge in [0.05, 0.1) is 5.56 Å². The van der Waals surface area contributed by atoms with Crippen molar-refractivity contribution in [2.75, 3.05) is 0 Å². The lowest BCUT2D eigenvalue weighted by Crippen LogP contribution is -2.14. The van der Waals surface area contributed by atoms with Crippen LogP contribution in [-0.4, -0.2) is 13.6 Å². The van der Waals surface area contributed by atoms with Crippen LogP contribution in [0.5, 0.6) is 0 Å². The Morgan fingerprint density at radius 2 is 1.71 bits per heavy atom. The van der Waals surface area contributed by atoms with Crippen LogP contribution >= 0.6 is 0 Å². The number of hydrogen-bond acceptors (Lipinski definition) is 4. The molecule has 0 unspecified atom stereocenters. The summed E-state index contributed by atoms with van der Waals surface area (Å²) >= 11 is 0. The molecular weight excluding hydrogens is 407 g/mol. The molecule has 0 saturated carbocycles. The molecule has 0 fully saturated rings. The van der Waals surface area contributed by atoms with Gasteiger partial charge in [0.15, 0.2) is 0 Å². The Morgan fingerprint density at radius 1 is 1.04 bits per heavy atom. The molecule has 0 amide bonds. The van der Waals surface area contributed by atoms with E-state index in [4.69, 9.17) is 5.14 Å². The fourth-order valence-electron chi connectivity index (χ4n) is 2.59. The number of alkyl halides is 2. The second-order valence-electron chi connectivity index (χ2n) is 5.84. The number of halogens is 5. The number of hydrogen-bond donors (Lipinski definition) is 1. The van der Waals surface area contributed by atoms with Gasteiger partial charge >= 0.3 is 0 Å². The number of primary sulfonamides is 1. The van der Waals surface area contributed by atoms with Crippen LogP contribution in [0.25, 0.3) is 22.4 Å². The molecule has 2 N–H and O–H groups in total. The number of aryl methyl sites for hydroxylation is 1. The third-order valence-electron chi connectivity index (χ3n) is 3.96. The molecule has 1 heterocycles. The van der Waals surface area contributed by atoms with E-state index in [0.717, 1.165) is 6.07 Å². The first-order chi connectivity index (χ1) is 13.0. The Bertz CT molecular complexity index is 1180. The van der Waals surface area contributed by atoms with E-state index in [9.17, 15) is 30.4 Å². The highest BCUT2D eigenvalue weighted by Gasteiger charge is 2.29. The van der Waals surface area contributed by atoms with Crippen LogP contribution in [0.15, 0.2) is 39.8 Å². The van der Waals surface area contributed by atoms with Crippen LogP contribution in [0.1, 0.15) is 17.7 Å². The van der Waals surface area contributed by atoms with Crippen LogP contribution < -0.4 is 5.14 Å². The quantitative estimate of drug-likeness (QED) is 0.640. The maximum atomic E-state index is 14.5. The molecule has 0 saturated heterocycles. The van der Waals surface area contributed by atoms with Crippen molar-refractivity contribution in [3.63, 3.8) is 0 Å². The van der Waals surface area contributed by atoms with Crippen LogP contribution in [-0.2, 0) is 10.0 Å². The van der Waals surface area contributed by atoms with Gasteiger partial charge < -0.3 is 4.52 Å². The molecule has 0 aliphatic carbocycles. The minimum absolute atomic E-state index is 0.0240. The number of rotatable bonds is 4. The normalized spacial score (nSPS) is 12.0. The largest absolute Gasteiger partial charge is 0.354 e. The molecule has 3 rings (SSSR count). The standard InChI is InChI=1S/C17H11F5N2O3S/c1-7-2-3-8(4-10(7)18)15-14(16(17(21)22)27-24-15)9-5-12(20)13(6-11(9)19)28(23,25)26/h2-6,17H,1H3,(H2,23,25,26). The zero-order valence-electron chi connectivity index (χ0n) is 14.0. The summed E-state index contributed by atoms with van der Waals surface area (Å²) in [5.74, 6) is -4.58. The van der Waals surface area contributed by atoms with E-state index in [1.54, 1.807) is 0 Å². The first-order valence-electron chi connectivity index (χ1n) is 7.57. The van der Waals surface area contributed by atoms with Gasteiger partial charge in [-0.3, -0.25) is 0 Å². The number of nitrogens with two attached hydrogens (primary N) is 1. The lowest BCUT2D eigenvalue weighted by atomic mass is 9.98. The predicted molar refractivity (Wildman–Crippen MR) is 88.3 cm³/mol. The van der Waals surface area contributed by atoms with Crippen molar-refractivity contribution < 1.29 is 34.9 Å². The van der Waals surface area contributed by atoms with Crippen LogP contribution in [0.2, 0.25) is 0 Å². The minimum Gasteiger partial charge on any atom is -0.354 e. The molecule has 2 aromatic carbocycles.